The summed E-state index contributed by atoms with van der Waals surface area (Å²) < 4.78 is 51.1. The monoisotopic (exact) mass is 429 g/mol. The van der Waals surface area contributed by atoms with Crippen LogP contribution in [-0.4, -0.2) is 34.6 Å². The standard InChI is InChI=1S/C18H15F4N5O.ClH/c19-13-4-15(25-9-13)17(28)27-7-11-3-14(24-8-12(11)5-23)10-1-2-16(26-6-10)18(20,21)22;/h1-3,6,8,13,15,25H,4,7,9H2,(H,27,28);1H/t13-,15+;/m1./s1. The Hall–Kier alpha value is -2.77. The number of carbonyl (C=O) groups excluding carboxylic acids is 1. The van der Waals surface area contributed by atoms with E-state index in [2.05, 4.69) is 20.6 Å². The number of nitrogens with one attached hydrogen (secondary N) is 2. The van der Waals surface area contributed by atoms with Gasteiger partial charge in [0.15, 0.2) is 0 Å². The lowest BCUT2D eigenvalue weighted by atomic mass is 10.1. The molecule has 154 valence electrons. The Morgan fingerprint density at radius 1 is 1.31 bits per heavy atom. The van der Waals surface area contributed by atoms with Crippen molar-refractivity contribution in [3.63, 3.8) is 0 Å². The minimum Gasteiger partial charge on any atom is -0.351 e. The van der Waals surface area contributed by atoms with Crippen LogP contribution < -0.4 is 10.6 Å². The van der Waals surface area contributed by atoms with Gasteiger partial charge in [-0.2, -0.15) is 18.4 Å². The van der Waals surface area contributed by atoms with Gasteiger partial charge in [0.1, 0.15) is 17.9 Å². The zero-order valence-corrected chi connectivity index (χ0v) is 15.6. The number of alkyl halides is 4. The predicted octanol–water partition coefficient (Wildman–Crippen LogP) is 2.77. The van der Waals surface area contributed by atoms with Crippen LogP contribution in [0.2, 0.25) is 0 Å². The van der Waals surface area contributed by atoms with E-state index in [1.54, 1.807) is 0 Å². The molecule has 0 unspecified atom stereocenters. The third kappa shape index (κ3) is 5.40. The number of hydrogen-bond acceptors (Lipinski definition) is 5. The lowest BCUT2D eigenvalue weighted by molar-refractivity contribution is -0.141. The molecule has 2 atom stereocenters. The van der Waals surface area contributed by atoms with Crippen molar-refractivity contribution in [1.82, 2.24) is 20.6 Å². The van der Waals surface area contributed by atoms with Crippen LogP contribution in [0, 0.1) is 11.3 Å². The van der Waals surface area contributed by atoms with Crippen molar-refractivity contribution < 1.29 is 22.4 Å². The normalized spacial score (nSPS) is 18.6. The molecule has 1 amide bonds. The van der Waals surface area contributed by atoms with Gasteiger partial charge in [-0.3, -0.25) is 14.8 Å². The fraction of sp³-hybridized carbons (Fsp3) is 0.333. The summed E-state index contributed by atoms with van der Waals surface area (Å²) >= 11 is 0. The van der Waals surface area contributed by atoms with E-state index in [4.69, 9.17) is 0 Å². The third-order valence-electron chi connectivity index (χ3n) is 4.31. The van der Waals surface area contributed by atoms with Crippen LogP contribution in [-0.2, 0) is 17.5 Å². The highest BCUT2D eigenvalue weighted by Gasteiger charge is 2.32. The number of nitrogens with zero attached hydrogens (tertiary/aromatic N) is 3. The topological polar surface area (TPSA) is 90.7 Å². The number of nitriles is 1. The lowest BCUT2D eigenvalue weighted by Crippen LogP contribution is -2.40. The van der Waals surface area contributed by atoms with E-state index in [0.717, 1.165) is 12.3 Å². The SMILES string of the molecule is Cl.N#Cc1cnc(-c2ccc(C(F)(F)F)nc2)cc1CNC(=O)[C@@H]1C[C@@H](F)CN1. The first-order valence-corrected chi connectivity index (χ1v) is 8.35. The van der Waals surface area contributed by atoms with E-state index in [0.29, 0.717) is 16.8 Å². The van der Waals surface area contributed by atoms with Crippen molar-refractivity contribution in [1.29, 1.82) is 5.26 Å². The maximum absolute atomic E-state index is 13.2. The van der Waals surface area contributed by atoms with E-state index in [1.165, 1.54) is 18.3 Å². The number of aromatic nitrogens is 2. The van der Waals surface area contributed by atoms with Crippen molar-refractivity contribution >= 4 is 18.3 Å². The third-order valence-corrected chi connectivity index (χ3v) is 4.31. The van der Waals surface area contributed by atoms with E-state index in [9.17, 15) is 27.6 Å². The van der Waals surface area contributed by atoms with Gasteiger partial charge in [-0.15, -0.1) is 12.4 Å². The molecule has 29 heavy (non-hydrogen) atoms. The van der Waals surface area contributed by atoms with Crippen molar-refractivity contribution in [2.24, 2.45) is 0 Å². The molecule has 0 aromatic carbocycles. The van der Waals surface area contributed by atoms with Crippen molar-refractivity contribution in [2.45, 2.75) is 31.4 Å². The van der Waals surface area contributed by atoms with Gasteiger partial charge >= 0.3 is 6.18 Å². The van der Waals surface area contributed by atoms with Gasteiger partial charge in [0.25, 0.3) is 0 Å². The molecule has 0 spiro atoms. The van der Waals surface area contributed by atoms with Crippen LogP contribution in [0.15, 0.2) is 30.6 Å². The molecular formula is C18H16ClF4N5O. The first-order valence-electron chi connectivity index (χ1n) is 8.35. The highest BCUT2D eigenvalue weighted by molar-refractivity contribution is 5.85. The molecule has 2 aromatic rings. The molecule has 0 bridgehead atoms. The van der Waals surface area contributed by atoms with Crippen molar-refractivity contribution in [3.8, 4) is 17.3 Å². The molecule has 0 aliphatic carbocycles. The fourth-order valence-electron chi connectivity index (χ4n) is 2.81. The number of carbonyl (C=O) groups is 1. The van der Waals surface area contributed by atoms with Gasteiger partial charge in [0.2, 0.25) is 5.91 Å². The first kappa shape index (κ1) is 22.5. The van der Waals surface area contributed by atoms with Gasteiger partial charge < -0.3 is 10.6 Å². The minimum atomic E-state index is -4.54. The van der Waals surface area contributed by atoms with E-state index >= 15 is 0 Å². The van der Waals surface area contributed by atoms with Crippen LogP contribution >= 0.6 is 12.4 Å². The summed E-state index contributed by atoms with van der Waals surface area (Å²) in [7, 11) is 0. The van der Waals surface area contributed by atoms with Gasteiger partial charge in [-0.05, 0) is 23.8 Å². The summed E-state index contributed by atoms with van der Waals surface area (Å²) in [5, 5.41) is 14.6. The average Bonchev–Trinajstić information content (AvgIpc) is 3.11. The molecule has 1 saturated heterocycles. The Kier molecular flexibility index (Phi) is 7.11. The summed E-state index contributed by atoms with van der Waals surface area (Å²) in [6.07, 6.45) is -3.22. The summed E-state index contributed by atoms with van der Waals surface area (Å²) in [4.78, 5) is 19.6. The van der Waals surface area contributed by atoms with Crippen molar-refractivity contribution in [2.75, 3.05) is 6.54 Å². The van der Waals surface area contributed by atoms with Crippen LogP contribution in [0.1, 0.15) is 23.2 Å². The van der Waals surface area contributed by atoms with Crippen LogP contribution in [0.25, 0.3) is 11.3 Å². The molecule has 3 rings (SSSR count). The highest BCUT2D eigenvalue weighted by atomic mass is 35.5. The Bertz CT molecular complexity index is 914. The van der Waals surface area contributed by atoms with Crippen molar-refractivity contribution in [3.05, 3.63) is 47.4 Å². The van der Waals surface area contributed by atoms with Gasteiger partial charge in [0, 0.05) is 37.5 Å². The van der Waals surface area contributed by atoms with Gasteiger partial charge in [-0.25, -0.2) is 4.39 Å². The Labute approximate surface area is 169 Å². The molecule has 1 aliphatic heterocycles. The lowest BCUT2D eigenvalue weighted by Gasteiger charge is -2.12. The molecular weight excluding hydrogens is 414 g/mol. The number of halogens is 5. The Morgan fingerprint density at radius 3 is 2.62 bits per heavy atom. The smallest absolute Gasteiger partial charge is 0.351 e. The average molecular weight is 430 g/mol. The number of rotatable bonds is 4. The summed E-state index contributed by atoms with van der Waals surface area (Å²) in [6, 6.07) is 4.89. The predicted molar refractivity (Wildman–Crippen MR) is 97.6 cm³/mol. The molecule has 2 N–H and O–H groups in total. The zero-order chi connectivity index (χ0) is 20.3. The fourth-order valence-corrected chi connectivity index (χ4v) is 2.81. The van der Waals surface area contributed by atoms with Gasteiger partial charge in [-0.1, -0.05) is 0 Å². The largest absolute Gasteiger partial charge is 0.433 e. The van der Waals surface area contributed by atoms with E-state index in [1.807, 2.05) is 6.07 Å². The number of amides is 1. The van der Waals surface area contributed by atoms with Crippen LogP contribution in [0.4, 0.5) is 17.6 Å². The second-order valence-corrected chi connectivity index (χ2v) is 6.28. The summed E-state index contributed by atoms with van der Waals surface area (Å²) in [6.45, 7) is 0.113. The molecule has 0 saturated carbocycles. The van der Waals surface area contributed by atoms with E-state index in [-0.39, 0.29) is 37.5 Å². The molecule has 3 heterocycles. The summed E-state index contributed by atoms with van der Waals surface area (Å²) in [5.41, 5.74) is 0.282. The minimum absolute atomic E-state index is 0. The Morgan fingerprint density at radius 2 is 2.07 bits per heavy atom. The van der Waals surface area contributed by atoms with Gasteiger partial charge in [0.05, 0.1) is 17.3 Å². The van der Waals surface area contributed by atoms with Crippen LogP contribution in [0.5, 0.6) is 0 Å². The molecule has 6 nitrogen and oxygen atoms in total. The molecule has 1 fully saturated rings. The van der Waals surface area contributed by atoms with E-state index < -0.39 is 30.0 Å². The van der Waals surface area contributed by atoms with Crippen LogP contribution in [0.3, 0.4) is 0 Å². The number of hydrogen-bond donors (Lipinski definition) is 2. The molecule has 1 aliphatic rings. The summed E-state index contributed by atoms with van der Waals surface area (Å²) in [5.74, 6) is -0.390. The first-order chi connectivity index (χ1) is 13.3. The second-order valence-electron chi connectivity index (χ2n) is 6.28. The zero-order valence-electron chi connectivity index (χ0n) is 14.8. The molecule has 11 heteroatoms. The quantitative estimate of drug-likeness (QED) is 0.729. The molecule has 2 aromatic heterocycles. The highest BCUT2D eigenvalue weighted by Crippen LogP contribution is 2.29. The Balaban J connectivity index is 0.00000300. The molecule has 0 radical (unpaired) electrons. The maximum atomic E-state index is 13.2. The number of pyridine rings is 2. The second kappa shape index (κ2) is 9.15. The maximum Gasteiger partial charge on any atom is 0.433 e.